The minimum Gasteiger partial charge on any atom is -0.478 e. The molecule has 0 saturated carbocycles. The lowest BCUT2D eigenvalue weighted by Crippen LogP contribution is -2.19. The van der Waals surface area contributed by atoms with Crippen LogP contribution in [0.2, 0.25) is 0 Å². The number of furan rings is 1. The summed E-state index contributed by atoms with van der Waals surface area (Å²) in [6, 6.07) is 7.38. The van der Waals surface area contributed by atoms with Gasteiger partial charge in [-0.05, 0) is 37.3 Å². The maximum Gasteiger partial charge on any atom is 0.337 e. The highest BCUT2D eigenvalue weighted by Gasteiger charge is 2.15. The van der Waals surface area contributed by atoms with Crippen LogP contribution in [-0.2, 0) is 6.54 Å². The molecule has 4 nitrogen and oxygen atoms in total. The Balaban J connectivity index is 2.28. The zero-order chi connectivity index (χ0) is 14.0. The summed E-state index contributed by atoms with van der Waals surface area (Å²) >= 11 is 0. The van der Waals surface area contributed by atoms with Gasteiger partial charge in [0.05, 0.1) is 17.8 Å². The van der Waals surface area contributed by atoms with Crippen molar-refractivity contribution in [2.24, 2.45) is 0 Å². The maximum absolute atomic E-state index is 13.1. The molecule has 100 valence electrons. The highest BCUT2D eigenvalue weighted by molar-refractivity contribution is 5.94. The number of aryl methyl sites for hydroxylation is 1. The minimum atomic E-state index is -1.16. The molecule has 0 aliphatic heterocycles. The van der Waals surface area contributed by atoms with Gasteiger partial charge in [-0.25, -0.2) is 9.18 Å². The molecular formula is C14H14FNO3. The van der Waals surface area contributed by atoms with E-state index in [-0.39, 0.29) is 5.56 Å². The van der Waals surface area contributed by atoms with Crippen molar-refractivity contribution in [2.45, 2.75) is 13.5 Å². The summed E-state index contributed by atoms with van der Waals surface area (Å²) in [7, 11) is 1.73. The Hall–Kier alpha value is -2.30. The molecule has 0 radical (unpaired) electrons. The van der Waals surface area contributed by atoms with Crippen LogP contribution in [0, 0.1) is 12.7 Å². The van der Waals surface area contributed by atoms with E-state index >= 15 is 0 Å². The number of carboxylic acid groups (broad SMARTS) is 1. The van der Waals surface area contributed by atoms with Gasteiger partial charge in [-0.15, -0.1) is 0 Å². The van der Waals surface area contributed by atoms with Crippen molar-refractivity contribution in [3.8, 4) is 0 Å². The summed E-state index contributed by atoms with van der Waals surface area (Å²) in [6.45, 7) is 2.25. The molecule has 5 heteroatoms. The first kappa shape index (κ1) is 13.1. The second kappa shape index (κ2) is 5.14. The molecule has 2 rings (SSSR count). The fourth-order valence-electron chi connectivity index (χ4n) is 1.90. The summed E-state index contributed by atoms with van der Waals surface area (Å²) in [5, 5.41) is 9.09. The quantitative estimate of drug-likeness (QED) is 0.921. The number of hydrogen-bond acceptors (Lipinski definition) is 3. The molecule has 0 saturated heterocycles. The lowest BCUT2D eigenvalue weighted by atomic mass is 10.1. The second-order valence-corrected chi connectivity index (χ2v) is 4.34. The van der Waals surface area contributed by atoms with Crippen LogP contribution in [0.3, 0.4) is 0 Å². The van der Waals surface area contributed by atoms with E-state index in [9.17, 15) is 9.18 Å². The molecule has 0 aliphatic carbocycles. The highest BCUT2D eigenvalue weighted by atomic mass is 19.1. The molecule has 0 spiro atoms. The summed E-state index contributed by atoms with van der Waals surface area (Å²) in [4.78, 5) is 12.8. The van der Waals surface area contributed by atoms with E-state index in [1.165, 1.54) is 12.1 Å². The zero-order valence-electron chi connectivity index (χ0n) is 10.7. The molecule has 19 heavy (non-hydrogen) atoms. The number of halogens is 1. The van der Waals surface area contributed by atoms with E-state index in [2.05, 4.69) is 0 Å². The zero-order valence-corrected chi connectivity index (χ0v) is 10.7. The molecule has 0 fully saturated rings. The van der Waals surface area contributed by atoms with Crippen LogP contribution in [0.4, 0.5) is 10.1 Å². The molecule has 1 aromatic carbocycles. The number of anilines is 1. The Morgan fingerprint density at radius 2 is 2.11 bits per heavy atom. The van der Waals surface area contributed by atoms with Gasteiger partial charge in [0.2, 0.25) is 0 Å². The standard InChI is InChI=1S/C14H14FNO3/c1-9-3-5-11(19-9)8-16(2)13-6-4-10(15)7-12(13)14(17)18/h3-7H,8H2,1-2H3,(H,17,18). The molecule has 1 N–H and O–H groups in total. The number of carbonyl (C=O) groups is 1. The fourth-order valence-corrected chi connectivity index (χ4v) is 1.90. The van der Waals surface area contributed by atoms with Gasteiger partial charge in [0.15, 0.2) is 0 Å². The normalized spacial score (nSPS) is 10.5. The third-order valence-electron chi connectivity index (χ3n) is 2.79. The predicted molar refractivity (Wildman–Crippen MR) is 68.9 cm³/mol. The van der Waals surface area contributed by atoms with E-state index < -0.39 is 11.8 Å². The van der Waals surface area contributed by atoms with E-state index in [1.807, 2.05) is 19.1 Å². The Morgan fingerprint density at radius 3 is 2.68 bits per heavy atom. The van der Waals surface area contributed by atoms with Gasteiger partial charge in [0, 0.05) is 7.05 Å². The first-order valence-corrected chi connectivity index (χ1v) is 5.76. The molecule has 0 aliphatic rings. The van der Waals surface area contributed by atoms with Gasteiger partial charge in [-0.1, -0.05) is 0 Å². The van der Waals surface area contributed by atoms with E-state index in [0.717, 1.165) is 17.6 Å². The van der Waals surface area contributed by atoms with Crippen LogP contribution in [0.15, 0.2) is 34.7 Å². The minimum absolute atomic E-state index is 0.0641. The molecule has 1 aromatic heterocycles. The summed E-state index contributed by atoms with van der Waals surface area (Å²) in [6.07, 6.45) is 0. The van der Waals surface area contributed by atoms with Crippen molar-refractivity contribution in [1.82, 2.24) is 0 Å². The number of nitrogens with zero attached hydrogens (tertiary/aromatic N) is 1. The van der Waals surface area contributed by atoms with E-state index in [4.69, 9.17) is 9.52 Å². The number of benzene rings is 1. The maximum atomic E-state index is 13.1. The number of aromatic carboxylic acids is 1. The van der Waals surface area contributed by atoms with Crippen LogP contribution in [0.1, 0.15) is 21.9 Å². The van der Waals surface area contributed by atoms with Gasteiger partial charge in [0.1, 0.15) is 17.3 Å². The number of hydrogen-bond donors (Lipinski definition) is 1. The monoisotopic (exact) mass is 263 g/mol. The second-order valence-electron chi connectivity index (χ2n) is 4.34. The predicted octanol–water partition coefficient (Wildman–Crippen LogP) is 3.06. The average Bonchev–Trinajstić information content (AvgIpc) is 2.74. The Morgan fingerprint density at radius 1 is 1.37 bits per heavy atom. The van der Waals surface area contributed by atoms with Crippen molar-refractivity contribution in [3.05, 3.63) is 53.2 Å². The van der Waals surface area contributed by atoms with Crippen LogP contribution in [-0.4, -0.2) is 18.1 Å². The van der Waals surface area contributed by atoms with Crippen LogP contribution >= 0.6 is 0 Å². The summed E-state index contributed by atoms with van der Waals surface area (Å²) in [5.41, 5.74) is 0.383. The first-order valence-electron chi connectivity index (χ1n) is 5.76. The van der Waals surface area contributed by atoms with Gasteiger partial charge >= 0.3 is 5.97 Å². The van der Waals surface area contributed by atoms with Crippen molar-refractivity contribution < 1.29 is 18.7 Å². The fraction of sp³-hybridized carbons (Fsp3) is 0.214. The lowest BCUT2D eigenvalue weighted by Gasteiger charge is -2.20. The number of carboxylic acids is 1. The summed E-state index contributed by atoms with van der Waals surface area (Å²) in [5.74, 6) is -0.206. The Bertz CT molecular complexity index is 606. The van der Waals surface area contributed by atoms with Gasteiger partial charge in [-0.3, -0.25) is 0 Å². The van der Waals surface area contributed by atoms with Gasteiger partial charge in [-0.2, -0.15) is 0 Å². The first-order chi connectivity index (χ1) is 8.97. The van der Waals surface area contributed by atoms with Crippen molar-refractivity contribution in [2.75, 3.05) is 11.9 Å². The van der Waals surface area contributed by atoms with Crippen molar-refractivity contribution in [1.29, 1.82) is 0 Å². The molecule has 1 heterocycles. The van der Waals surface area contributed by atoms with Crippen LogP contribution in [0.5, 0.6) is 0 Å². The van der Waals surface area contributed by atoms with Crippen molar-refractivity contribution >= 4 is 11.7 Å². The SMILES string of the molecule is Cc1ccc(CN(C)c2ccc(F)cc2C(=O)O)o1. The Kier molecular flexibility index (Phi) is 3.55. The topological polar surface area (TPSA) is 53.7 Å². The molecule has 0 bridgehead atoms. The van der Waals surface area contributed by atoms with E-state index in [0.29, 0.717) is 12.2 Å². The Labute approximate surface area is 110 Å². The highest BCUT2D eigenvalue weighted by Crippen LogP contribution is 2.23. The number of rotatable bonds is 4. The third kappa shape index (κ3) is 2.93. The average molecular weight is 263 g/mol. The molecule has 2 aromatic rings. The van der Waals surface area contributed by atoms with Crippen LogP contribution in [0.25, 0.3) is 0 Å². The van der Waals surface area contributed by atoms with Crippen LogP contribution < -0.4 is 4.90 Å². The van der Waals surface area contributed by atoms with Gasteiger partial charge in [0.25, 0.3) is 0 Å². The van der Waals surface area contributed by atoms with Gasteiger partial charge < -0.3 is 14.4 Å². The molecular weight excluding hydrogens is 249 g/mol. The lowest BCUT2D eigenvalue weighted by molar-refractivity contribution is 0.0697. The molecule has 0 amide bonds. The molecule has 0 unspecified atom stereocenters. The molecule has 0 atom stereocenters. The summed E-state index contributed by atoms with van der Waals surface area (Å²) < 4.78 is 18.5. The largest absolute Gasteiger partial charge is 0.478 e. The van der Waals surface area contributed by atoms with Crippen molar-refractivity contribution in [3.63, 3.8) is 0 Å². The smallest absolute Gasteiger partial charge is 0.337 e. The van der Waals surface area contributed by atoms with E-state index in [1.54, 1.807) is 11.9 Å². The third-order valence-corrected chi connectivity index (χ3v) is 2.79.